The molecule has 233 valence electrons. The molecule has 0 N–H and O–H groups in total. The number of aromatic nitrogens is 2. The number of aryl methyl sites for hydroxylation is 3. The van der Waals surface area contributed by atoms with Gasteiger partial charge in [0.1, 0.15) is 0 Å². The second kappa shape index (κ2) is 12.5. The number of benzene rings is 5. The van der Waals surface area contributed by atoms with Crippen LogP contribution in [-0.2, 0) is 20.1 Å². The van der Waals surface area contributed by atoms with Crippen LogP contribution in [0.2, 0.25) is 0 Å². The van der Waals surface area contributed by atoms with Crippen molar-refractivity contribution >= 4 is 22.0 Å². The molecule has 2 heterocycles. The monoisotopic (exact) mass is 780 g/mol. The maximum absolute atomic E-state index is 6.11. The molecule has 0 bridgehead atoms. The molecule has 4 heteroatoms. The van der Waals surface area contributed by atoms with E-state index in [4.69, 9.17) is 9.40 Å². The van der Waals surface area contributed by atoms with Crippen molar-refractivity contribution in [1.29, 1.82) is 0 Å². The van der Waals surface area contributed by atoms with E-state index < -0.39 is 0 Å². The zero-order valence-corrected chi connectivity index (χ0v) is 29.9. The third-order valence-corrected chi connectivity index (χ3v) is 9.01. The van der Waals surface area contributed by atoms with Crippen molar-refractivity contribution in [3.63, 3.8) is 0 Å². The van der Waals surface area contributed by atoms with Crippen LogP contribution in [0.3, 0.4) is 0 Å². The van der Waals surface area contributed by atoms with Gasteiger partial charge in [0, 0.05) is 37.6 Å². The van der Waals surface area contributed by atoms with Crippen molar-refractivity contribution in [3.05, 3.63) is 131 Å². The number of para-hydroxylation sites is 2. The summed E-state index contributed by atoms with van der Waals surface area (Å²) < 4.78 is 8.48. The van der Waals surface area contributed by atoms with Gasteiger partial charge in [-0.15, -0.1) is 0 Å². The fourth-order valence-electron chi connectivity index (χ4n) is 6.97. The molecule has 3 nitrogen and oxygen atoms in total. The molecule has 0 amide bonds. The third kappa shape index (κ3) is 5.44. The molecular weight excluding hydrogens is 741 g/mol. The van der Waals surface area contributed by atoms with Gasteiger partial charge < -0.3 is 8.98 Å². The molecule has 0 aliphatic carbocycles. The molecule has 7 aromatic rings. The number of nitrogens with zero attached hydrogens (tertiary/aromatic N) is 2. The van der Waals surface area contributed by atoms with E-state index in [1.54, 1.807) is 0 Å². The van der Waals surface area contributed by atoms with Crippen LogP contribution in [0.1, 0.15) is 67.3 Å². The van der Waals surface area contributed by atoms with Gasteiger partial charge in [0.15, 0.2) is 0 Å². The van der Waals surface area contributed by atoms with E-state index >= 15 is 0 Å². The second-order valence-electron chi connectivity index (χ2n) is 13.0. The predicted molar refractivity (Wildman–Crippen MR) is 188 cm³/mol. The molecule has 0 spiro atoms. The Morgan fingerprint density at radius 1 is 0.674 bits per heavy atom. The summed E-state index contributed by atoms with van der Waals surface area (Å²) in [5.74, 6) is 1.43. The van der Waals surface area contributed by atoms with E-state index in [0.29, 0.717) is 11.8 Å². The molecule has 5 aromatic carbocycles. The number of rotatable bonds is 6. The largest absolute Gasteiger partial charge is 0.557 e. The number of hydrogen-bond donors (Lipinski definition) is 0. The molecule has 0 saturated heterocycles. The van der Waals surface area contributed by atoms with E-state index in [2.05, 4.69) is 156 Å². The van der Waals surface area contributed by atoms with Crippen molar-refractivity contribution in [2.45, 2.75) is 60.3 Å². The fourth-order valence-corrected chi connectivity index (χ4v) is 6.97. The van der Waals surface area contributed by atoms with Crippen molar-refractivity contribution in [2.24, 2.45) is 0 Å². The van der Waals surface area contributed by atoms with Crippen LogP contribution in [0.4, 0.5) is 0 Å². The average molecular weight is 780 g/mol. The topological polar surface area (TPSA) is 31.0 Å². The smallest absolute Gasteiger partial charge is 0.0774 e. The van der Waals surface area contributed by atoms with Gasteiger partial charge in [-0.1, -0.05) is 117 Å². The van der Waals surface area contributed by atoms with Gasteiger partial charge in [0.05, 0.1) is 16.9 Å². The Kier molecular flexibility index (Phi) is 8.63. The fraction of sp³-hybridized carbons (Fsp3) is 0.214. The minimum atomic E-state index is 0. The molecular formula is C42H39IrN2O-. The summed E-state index contributed by atoms with van der Waals surface area (Å²) in [7, 11) is 0. The standard InChI is InChI=1S/C42H39N2O.Ir/c1-25(2)33-22-32(30-13-9-8-10-14-30)23-34(26(3)4)41(33)44-38-16-12-11-15-37(38)43-42(44)36-24-45-39-18-17-31(21-35(36)39)40-28(6)19-27(5)20-29(40)7;/h8-23,25-26H,1-7H3;/q-1;. The summed E-state index contributed by atoms with van der Waals surface area (Å²) in [6, 6.07) is 34.9. The van der Waals surface area contributed by atoms with E-state index in [9.17, 15) is 0 Å². The number of hydrogen-bond acceptors (Lipinski definition) is 2. The van der Waals surface area contributed by atoms with Gasteiger partial charge in [-0.3, -0.25) is 4.98 Å². The molecule has 0 fully saturated rings. The van der Waals surface area contributed by atoms with Crippen LogP contribution < -0.4 is 0 Å². The molecule has 0 saturated carbocycles. The van der Waals surface area contributed by atoms with E-state index in [1.807, 2.05) is 0 Å². The van der Waals surface area contributed by atoms with E-state index in [-0.39, 0.29) is 20.1 Å². The summed E-state index contributed by atoms with van der Waals surface area (Å²) >= 11 is 0. The molecule has 46 heavy (non-hydrogen) atoms. The van der Waals surface area contributed by atoms with Crippen molar-refractivity contribution in [1.82, 2.24) is 9.55 Å². The number of fused-ring (bicyclic) bond motifs is 2. The van der Waals surface area contributed by atoms with Gasteiger partial charge in [-0.05, 0) is 101 Å². The molecule has 7 rings (SSSR count). The van der Waals surface area contributed by atoms with Gasteiger partial charge in [0.25, 0.3) is 0 Å². The van der Waals surface area contributed by atoms with Crippen LogP contribution >= 0.6 is 0 Å². The SMILES string of the molecule is Cc1cc(C)c(-c2ccc3o[c-]c(-c4nc5ccccc5n4-c4c(C(C)C)cc(-c5ccccc5)cc4C(C)C)c3c2)c(C)c1.[Ir]. The Bertz CT molecular complexity index is 2150. The minimum absolute atomic E-state index is 0. The molecule has 0 aliphatic rings. The van der Waals surface area contributed by atoms with Crippen LogP contribution in [-0.4, -0.2) is 9.55 Å². The van der Waals surface area contributed by atoms with Crippen LogP contribution in [0.15, 0.2) is 101 Å². The van der Waals surface area contributed by atoms with Gasteiger partial charge >= 0.3 is 0 Å². The molecule has 0 atom stereocenters. The Labute approximate surface area is 285 Å². The Hall–Kier alpha value is -4.24. The Morgan fingerprint density at radius 2 is 1.30 bits per heavy atom. The van der Waals surface area contributed by atoms with Crippen molar-refractivity contribution in [3.8, 4) is 39.3 Å². The van der Waals surface area contributed by atoms with Crippen LogP contribution in [0.5, 0.6) is 0 Å². The normalized spacial score (nSPS) is 11.6. The van der Waals surface area contributed by atoms with E-state index in [1.165, 1.54) is 55.8 Å². The van der Waals surface area contributed by atoms with Gasteiger partial charge in [0.2, 0.25) is 0 Å². The van der Waals surface area contributed by atoms with Gasteiger partial charge in [-0.25, -0.2) is 0 Å². The first-order valence-corrected chi connectivity index (χ1v) is 15.9. The molecule has 2 aromatic heterocycles. The van der Waals surface area contributed by atoms with Crippen LogP contribution in [0.25, 0.3) is 61.3 Å². The maximum atomic E-state index is 6.11. The first kappa shape index (κ1) is 31.7. The first-order chi connectivity index (χ1) is 21.7. The summed E-state index contributed by atoms with van der Waals surface area (Å²) in [5, 5.41) is 1.02. The summed E-state index contributed by atoms with van der Waals surface area (Å²) in [5.41, 5.74) is 16.2. The second-order valence-corrected chi connectivity index (χ2v) is 13.0. The predicted octanol–water partition coefficient (Wildman–Crippen LogP) is 11.7. The summed E-state index contributed by atoms with van der Waals surface area (Å²) in [4.78, 5) is 5.28. The third-order valence-electron chi connectivity index (χ3n) is 9.01. The quantitative estimate of drug-likeness (QED) is 0.157. The number of imidazole rings is 1. The van der Waals surface area contributed by atoms with Gasteiger partial charge in [-0.2, -0.15) is 0 Å². The Balaban J connectivity index is 0.00000372. The van der Waals surface area contributed by atoms with Crippen molar-refractivity contribution in [2.75, 3.05) is 0 Å². The Morgan fingerprint density at radius 3 is 1.96 bits per heavy atom. The molecule has 0 aliphatic heterocycles. The zero-order valence-electron chi connectivity index (χ0n) is 27.5. The zero-order chi connectivity index (χ0) is 31.4. The maximum Gasteiger partial charge on any atom is 0.0774 e. The first-order valence-electron chi connectivity index (χ1n) is 15.9. The van der Waals surface area contributed by atoms with Crippen LogP contribution in [0, 0.1) is 27.0 Å². The van der Waals surface area contributed by atoms with E-state index in [0.717, 1.165) is 33.4 Å². The minimum Gasteiger partial charge on any atom is -0.557 e. The molecule has 1 radical (unpaired) electrons. The molecule has 0 unspecified atom stereocenters. The summed E-state index contributed by atoms with van der Waals surface area (Å²) in [6.07, 6.45) is 3.29. The van der Waals surface area contributed by atoms with Crippen molar-refractivity contribution < 1.29 is 24.5 Å². The number of furan rings is 1. The summed E-state index contributed by atoms with van der Waals surface area (Å²) in [6.45, 7) is 15.7. The average Bonchev–Trinajstić information content (AvgIpc) is 3.61.